The van der Waals surface area contributed by atoms with Crippen molar-refractivity contribution in [1.29, 1.82) is 0 Å². The maximum atomic E-state index is 12.6. The van der Waals surface area contributed by atoms with Crippen molar-refractivity contribution in [2.24, 2.45) is 0 Å². The van der Waals surface area contributed by atoms with Gasteiger partial charge in [0.1, 0.15) is 0 Å². The Morgan fingerprint density at radius 1 is 1.32 bits per heavy atom. The molecule has 0 unspecified atom stereocenters. The number of carbonyl (C=O) groups is 1. The standard InChI is InChI=1S/C20H24N6OS/c1-2-14-3-4-16(22-9-14)11-26-8-6-17-18(13-28-19(17)12-26)20(27)21-7-5-15-10-23-25-24-15/h3-4,9-10,13H,2,5-8,11-12H2,1H3,(H,21,27)(H,23,24,25). The Bertz CT molecular complexity index is 919. The first-order valence-corrected chi connectivity index (χ1v) is 10.5. The molecule has 4 rings (SSSR count). The van der Waals surface area contributed by atoms with Crippen LogP contribution in [0.2, 0.25) is 0 Å². The Balaban J connectivity index is 1.33. The molecule has 0 aliphatic carbocycles. The van der Waals surface area contributed by atoms with Crippen molar-refractivity contribution in [3.8, 4) is 0 Å². The summed E-state index contributed by atoms with van der Waals surface area (Å²) in [6, 6.07) is 4.28. The van der Waals surface area contributed by atoms with Crippen LogP contribution in [-0.2, 0) is 32.4 Å². The zero-order valence-electron chi connectivity index (χ0n) is 15.9. The number of carbonyl (C=O) groups excluding carboxylic acids is 1. The van der Waals surface area contributed by atoms with Crippen molar-refractivity contribution in [2.75, 3.05) is 13.1 Å². The van der Waals surface area contributed by atoms with Crippen LogP contribution < -0.4 is 5.32 Å². The normalized spacial score (nSPS) is 14.0. The molecule has 28 heavy (non-hydrogen) atoms. The predicted octanol–water partition coefficient (Wildman–Crippen LogP) is 2.35. The van der Waals surface area contributed by atoms with Crippen LogP contribution in [0.25, 0.3) is 0 Å². The van der Waals surface area contributed by atoms with E-state index in [2.05, 4.69) is 49.7 Å². The molecule has 2 N–H and O–H groups in total. The number of aromatic nitrogens is 4. The van der Waals surface area contributed by atoms with Crippen molar-refractivity contribution >= 4 is 17.2 Å². The fourth-order valence-corrected chi connectivity index (χ4v) is 4.56. The molecule has 0 aromatic carbocycles. The zero-order chi connectivity index (χ0) is 19.3. The van der Waals surface area contributed by atoms with E-state index in [4.69, 9.17) is 0 Å². The summed E-state index contributed by atoms with van der Waals surface area (Å²) in [5.41, 5.74) is 5.24. The van der Waals surface area contributed by atoms with Crippen LogP contribution in [0, 0.1) is 0 Å². The Kier molecular flexibility index (Phi) is 5.78. The monoisotopic (exact) mass is 396 g/mol. The molecule has 7 nitrogen and oxygen atoms in total. The van der Waals surface area contributed by atoms with Gasteiger partial charge < -0.3 is 5.32 Å². The summed E-state index contributed by atoms with van der Waals surface area (Å²) in [5, 5.41) is 15.4. The smallest absolute Gasteiger partial charge is 0.252 e. The zero-order valence-corrected chi connectivity index (χ0v) is 16.8. The van der Waals surface area contributed by atoms with Gasteiger partial charge in [0.05, 0.1) is 23.1 Å². The number of thiophene rings is 1. The number of H-pyrrole nitrogens is 1. The van der Waals surface area contributed by atoms with E-state index in [0.717, 1.165) is 49.4 Å². The summed E-state index contributed by atoms with van der Waals surface area (Å²) in [7, 11) is 0. The van der Waals surface area contributed by atoms with Crippen LogP contribution >= 0.6 is 11.3 Å². The molecule has 8 heteroatoms. The van der Waals surface area contributed by atoms with Crippen molar-refractivity contribution in [2.45, 2.75) is 39.3 Å². The van der Waals surface area contributed by atoms with E-state index in [0.29, 0.717) is 13.0 Å². The van der Waals surface area contributed by atoms with Gasteiger partial charge in [0.25, 0.3) is 5.91 Å². The van der Waals surface area contributed by atoms with Crippen molar-refractivity contribution in [1.82, 2.24) is 30.6 Å². The van der Waals surface area contributed by atoms with Crippen molar-refractivity contribution in [3.63, 3.8) is 0 Å². The molecule has 0 saturated heterocycles. The summed E-state index contributed by atoms with van der Waals surface area (Å²) >= 11 is 1.68. The van der Waals surface area contributed by atoms with Gasteiger partial charge in [-0.2, -0.15) is 15.4 Å². The van der Waals surface area contributed by atoms with Gasteiger partial charge in [0, 0.05) is 49.1 Å². The molecule has 3 aromatic heterocycles. The lowest BCUT2D eigenvalue weighted by molar-refractivity contribution is 0.0952. The second kappa shape index (κ2) is 8.62. The predicted molar refractivity (Wildman–Crippen MR) is 108 cm³/mol. The Hall–Kier alpha value is -2.58. The number of aromatic amines is 1. The lowest BCUT2D eigenvalue weighted by Gasteiger charge is -2.27. The van der Waals surface area contributed by atoms with Crippen LogP contribution in [0.1, 0.15) is 44.7 Å². The third-order valence-corrected chi connectivity index (χ3v) is 6.10. The number of hydrogen-bond donors (Lipinski definition) is 2. The van der Waals surface area contributed by atoms with Gasteiger partial charge in [0.2, 0.25) is 0 Å². The highest BCUT2D eigenvalue weighted by Crippen LogP contribution is 2.29. The summed E-state index contributed by atoms with van der Waals surface area (Å²) in [4.78, 5) is 20.8. The van der Waals surface area contributed by atoms with E-state index in [1.807, 2.05) is 11.6 Å². The number of nitrogens with one attached hydrogen (secondary N) is 2. The quantitative estimate of drug-likeness (QED) is 0.640. The minimum absolute atomic E-state index is 0.00580. The molecular weight excluding hydrogens is 372 g/mol. The highest BCUT2D eigenvalue weighted by molar-refractivity contribution is 7.10. The van der Waals surface area contributed by atoms with Crippen LogP contribution in [0.3, 0.4) is 0 Å². The van der Waals surface area contributed by atoms with Gasteiger partial charge in [-0.15, -0.1) is 11.3 Å². The van der Waals surface area contributed by atoms with E-state index in [1.54, 1.807) is 17.5 Å². The topological polar surface area (TPSA) is 86.8 Å². The second-order valence-electron chi connectivity index (χ2n) is 6.99. The van der Waals surface area contributed by atoms with Gasteiger partial charge in [-0.3, -0.25) is 14.7 Å². The maximum Gasteiger partial charge on any atom is 0.252 e. The summed E-state index contributed by atoms with van der Waals surface area (Å²) in [6.45, 7) is 5.37. The Labute approximate surface area is 168 Å². The number of nitrogens with zero attached hydrogens (tertiary/aromatic N) is 4. The van der Waals surface area contributed by atoms with E-state index >= 15 is 0 Å². The molecule has 0 atom stereocenters. The molecule has 0 spiro atoms. The second-order valence-corrected chi connectivity index (χ2v) is 7.95. The first kappa shape index (κ1) is 18.8. The van der Waals surface area contributed by atoms with Gasteiger partial charge in [-0.1, -0.05) is 13.0 Å². The van der Waals surface area contributed by atoms with E-state index in [1.165, 1.54) is 16.0 Å². The van der Waals surface area contributed by atoms with Crippen LogP contribution in [0.5, 0.6) is 0 Å². The van der Waals surface area contributed by atoms with Crippen molar-refractivity contribution < 1.29 is 4.79 Å². The van der Waals surface area contributed by atoms with Gasteiger partial charge in [-0.25, -0.2) is 0 Å². The number of rotatable bonds is 7. The first-order chi connectivity index (χ1) is 13.7. The molecule has 4 heterocycles. The number of amides is 1. The van der Waals surface area contributed by atoms with E-state index < -0.39 is 0 Å². The molecular formula is C20H24N6OS. The summed E-state index contributed by atoms with van der Waals surface area (Å²) in [6.07, 6.45) is 6.23. The van der Waals surface area contributed by atoms with Crippen molar-refractivity contribution in [3.05, 3.63) is 62.9 Å². The summed E-state index contributed by atoms with van der Waals surface area (Å²) < 4.78 is 0. The van der Waals surface area contributed by atoms with Crippen LogP contribution in [-0.4, -0.2) is 44.3 Å². The van der Waals surface area contributed by atoms with Crippen LogP contribution in [0.4, 0.5) is 0 Å². The molecule has 1 aliphatic rings. The number of aryl methyl sites for hydroxylation is 1. The lowest BCUT2D eigenvalue weighted by Crippen LogP contribution is -2.31. The molecule has 0 saturated carbocycles. The summed E-state index contributed by atoms with van der Waals surface area (Å²) in [5.74, 6) is 0.00580. The van der Waals surface area contributed by atoms with Gasteiger partial charge in [-0.05, 0) is 30.0 Å². The minimum atomic E-state index is 0.00580. The average molecular weight is 397 g/mol. The number of pyridine rings is 1. The van der Waals surface area contributed by atoms with Gasteiger partial charge in [0.15, 0.2) is 0 Å². The largest absolute Gasteiger partial charge is 0.352 e. The SMILES string of the molecule is CCc1ccc(CN2CCc3c(C(=O)NCCc4cn[nH]n4)csc3C2)nc1. The molecule has 0 fully saturated rings. The lowest BCUT2D eigenvalue weighted by atomic mass is 10.0. The van der Waals surface area contributed by atoms with Gasteiger partial charge >= 0.3 is 0 Å². The molecule has 0 bridgehead atoms. The molecule has 1 aliphatic heterocycles. The van der Waals surface area contributed by atoms with Crippen LogP contribution in [0.15, 0.2) is 29.9 Å². The first-order valence-electron chi connectivity index (χ1n) is 9.61. The number of hydrogen-bond acceptors (Lipinski definition) is 6. The molecule has 3 aromatic rings. The minimum Gasteiger partial charge on any atom is -0.352 e. The van der Waals surface area contributed by atoms with E-state index in [-0.39, 0.29) is 5.91 Å². The highest BCUT2D eigenvalue weighted by Gasteiger charge is 2.24. The third kappa shape index (κ3) is 4.28. The fourth-order valence-electron chi connectivity index (χ4n) is 3.44. The average Bonchev–Trinajstić information content (AvgIpc) is 3.38. The molecule has 1 amide bonds. The molecule has 146 valence electrons. The number of fused-ring (bicyclic) bond motifs is 1. The fraction of sp³-hybridized carbons (Fsp3) is 0.400. The third-order valence-electron chi connectivity index (χ3n) is 5.08. The Morgan fingerprint density at radius 2 is 2.25 bits per heavy atom. The maximum absolute atomic E-state index is 12.6. The highest BCUT2D eigenvalue weighted by atomic mass is 32.1. The molecule has 0 radical (unpaired) electrons. The van der Waals surface area contributed by atoms with E-state index in [9.17, 15) is 4.79 Å². The Morgan fingerprint density at radius 3 is 3.00 bits per heavy atom.